The van der Waals surface area contributed by atoms with Crippen molar-refractivity contribution in [1.29, 1.82) is 0 Å². The number of amides is 3. The molecule has 0 fully saturated rings. The SMILES string of the molecule is CC(N)C(=O)NC(Cc1ccccc1)C(=O)NC(CC(=O)O)C(=O)NC(C(=O)O)C(C)O. The maximum Gasteiger partial charge on any atom is 0.328 e. The molecule has 3 amide bonds. The lowest BCUT2D eigenvalue weighted by atomic mass is 10.0. The highest BCUT2D eigenvalue weighted by atomic mass is 16.4. The molecule has 5 atom stereocenters. The molecule has 0 spiro atoms. The highest BCUT2D eigenvalue weighted by Crippen LogP contribution is 2.06. The maximum absolute atomic E-state index is 12.9. The van der Waals surface area contributed by atoms with Crippen molar-refractivity contribution < 1.29 is 39.3 Å². The fraction of sp³-hybridized carbons (Fsp3) is 0.450. The quantitative estimate of drug-likeness (QED) is 0.186. The van der Waals surface area contributed by atoms with Gasteiger partial charge >= 0.3 is 11.9 Å². The minimum absolute atomic E-state index is 0.0258. The Morgan fingerprint density at radius 1 is 0.875 bits per heavy atom. The third kappa shape index (κ3) is 8.70. The van der Waals surface area contributed by atoms with Gasteiger partial charge < -0.3 is 37.0 Å². The van der Waals surface area contributed by atoms with E-state index in [1.54, 1.807) is 30.3 Å². The van der Waals surface area contributed by atoms with Crippen molar-refractivity contribution in [2.24, 2.45) is 5.73 Å². The van der Waals surface area contributed by atoms with Crippen LogP contribution in [0.5, 0.6) is 0 Å². The van der Waals surface area contributed by atoms with E-state index >= 15 is 0 Å². The molecule has 0 aliphatic rings. The molecule has 0 radical (unpaired) electrons. The molecule has 8 N–H and O–H groups in total. The van der Waals surface area contributed by atoms with Crippen molar-refractivity contribution in [2.75, 3.05) is 0 Å². The molecule has 1 aromatic rings. The van der Waals surface area contributed by atoms with Crippen molar-refractivity contribution in [2.45, 2.75) is 57.0 Å². The van der Waals surface area contributed by atoms with Crippen LogP contribution >= 0.6 is 0 Å². The monoisotopic (exact) mass is 452 g/mol. The molecule has 176 valence electrons. The highest BCUT2D eigenvalue weighted by Gasteiger charge is 2.32. The molecule has 0 bridgehead atoms. The highest BCUT2D eigenvalue weighted by molar-refractivity contribution is 5.95. The molecule has 12 heteroatoms. The number of carboxylic acids is 2. The van der Waals surface area contributed by atoms with Gasteiger partial charge in [-0.1, -0.05) is 30.3 Å². The summed E-state index contributed by atoms with van der Waals surface area (Å²) in [6.07, 6.45) is -2.31. The van der Waals surface area contributed by atoms with Crippen molar-refractivity contribution >= 4 is 29.7 Å². The number of carbonyl (C=O) groups is 5. The average Bonchev–Trinajstić information content (AvgIpc) is 2.70. The van der Waals surface area contributed by atoms with E-state index in [-0.39, 0.29) is 6.42 Å². The topological polar surface area (TPSA) is 208 Å². The van der Waals surface area contributed by atoms with Gasteiger partial charge in [-0.3, -0.25) is 19.2 Å². The second-order valence-corrected chi connectivity index (χ2v) is 7.26. The first-order valence-electron chi connectivity index (χ1n) is 9.75. The van der Waals surface area contributed by atoms with E-state index in [4.69, 9.17) is 15.9 Å². The second-order valence-electron chi connectivity index (χ2n) is 7.26. The van der Waals surface area contributed by atoms with E-state index in [0.29, 0.717) is 5.56 Å². The molecule has 12 nitrogen and oxygen atoms in total. The Labute approximate surface area is 184 Å². The lowest BCUT2D eigenvalue weighted by Gasteiger charge is -2.25. The van der Waals surface area contributed by atoms with Crippen LogP contribution in [-0.2, 0) is 30.4 Å². The number of aliphatic hydroxyl groups is 1. The van der Waals surface area contributed by atoms with Crippen molar-refractivity contribution in [3.05, 3.63) is 35.9 Å². The second kappa shape index (κ2) is 12.4. The van der Waals surface area contributed by atoms with Gasteiger partial charge in [0.25, 0.3) is 0 Å². The first-order chi connectivity index (χ1) is 14.9. The minimum Gasteiger partial charge on any atom is -0.481 e. The van der Waals surface area contributed by atoms with Gasteiger partial charge in [-0.05, 0) is 19.4 Å². The van der Waals surface area contributed by atoms with Crippen molar-refractivity contribution in [3.8, 4) is 0 Å². The maximum atomic E-state index is 12.9. The van der Waals surface area contributed by atoms with E-state index in [2.05, 4.69) is 10.6 Å². The van der Waals surface area contributed by atoms with Gasteiger partial charge in [-0.2, -0.15) is 0 Å². The summed E-state index contributed by atoms with van der Waals surface area (Å²) >= 11 is 0. The number of nitrogens with two attached hydrogens (primary N) is 1. The summed E-state index contributed by atoms with van der Waals surface area (Å²) in [5.74, 6) is -5.60. The van der Waals surface area contributed by atoms with E-state index in [0.717, 1.165) is 6.92 Å². The van der Waals surface area contributed by atoms with Crippen LogP contribution in [0.1, 0.15) is 25.8 Å². The fourth-order valence-corrected chi connectivity index (χ4v) is 2.66. The van der Waals surface area contributed by atoms with Gasteiger partial charge in [0.15, 0.2) is 6.04 Å². The summed E-state index contributed by atoms with van der Waals surface area (Å²) in [6.45, 7) is 2.54. The molecule has 0 aromatic heterocycles. The molecular weight excluding hydrogens is 424 g/mol. The largest absolute Gasteiger partial charge is 0.481 e. The van der Waals surface area contributed by atoms with Crippen LogP contribution in [-0.4, -0.2) is 75.3 Å². The fourth-order valence-electron chi connectivity index (χ4n) is 2.66. The number of benzene rings is 1. The Hall–Kier alpha value is -3.51. The van der Waals surface area contributed by atoms with Gasteiger partial charge in [-0.15, -0.1) is 0 Å². The van der Waals surface area contributed by atoms with E-state index in [1.807, 2.05) is 5.32 Å². The number of carboxylic acid groups (broad SMARTS) is 2. The normalized spacial score (nSPS) is 15.4. The zero-order chi connectivity index (χ0) is 24.4. The van der Waals surface area contributed by atoms with Gasteiger partial charge in [0.05, 0.1) is 18.6 Å². The summed E-state index contributed by atoms with van der Waals surface area (Å²) in [4.78, 5) is 59.8. The van der Waals surface area contributed by atoms with Gasteiger partial charge in [-0.25, -0.2) is 4.79 Å². The third-order valence-corrected chi connectivity index (χ3v) is 4.39. The summed E-state index contributed by atoms with van der Waals surface area (Å²) in [7, 11) is 0. The smallest absolute Gasteiger partial charge is 0.328 e. The summed E-state index contributed by atoms with van der Waals surface area (Å²) < 4.78 is 0. The summed E-state index contributed by atoms with van der Waals surface area (Å²) in [5.41, 5.74) is 6.22. The van der Waals surface area contributed by atoms with Crippen LogP contribution in [0.2, 0.25) is 0 Å². The number of aliphatic carboxylic acids is 2. The van der Waals surface area contributed by atoms with Crippen LogP contribution < -0.4 is 21.7 Å². The molecule has 0 saturated carbocycles. The number of carbonyl (C=O) groups excluding carboxylic acids is 3. The lowest BCUT2D eigenvalue weighted by molar-refractivity contribution is -0.146. The molecule has 1 aromatic carbocycles. The van der Waals surface area contributed by atoms with Gasteiger partial charge in [0.2, 0.25) is 17.7 Å². The molecule has 0 aliphatic carbocycles. The standard InChI is InChI=1S/C20H28N4O8/c1-10(21)17(28)22-13(8-12-6-4-3-5-7-12)18(29)23-14(9-15(26)27)19(30)24-16(11(2)25)20(31)32/h3-7,10-11,13-14,16,25H,8-9,21H2,1-2H3,(H,22,28)(H,23,29)(H,24,30)(H,26,27)(H,31,32). The molecule has 0 saturated heterocycles. The Balaban J connectivity index is 3.07. The van der Waals surface area contributed by atoms with E-state index in [9.17, 15) is 29.1 Å². The van der Waals surface area contributed by atoms with Crippen LogP contribution in [0.3, 0.4) is 0 Å². The zero-order valence-corrected chi connectivity index (χ0v) is 17.6. The van der Waals surface area contributed by atoms with Gasteiger partial charge in [0, 0.05) is 6.42 Å². The molecule has 5 unspecified atom stereocenters. The molecule has 0 aliphatic heterocycles. The van der Waals surface area contributed by atoms with Crippen LogP contribution in [0.25, 0.3) is 0 Å². The minimum atomic E-state index is -1.71. The number of hydrogen-bond donors (Lipinski definition) is 7. The third-order valence-electron chi connectivity index (χ3n) is 4.39. The first-order valence-corrected chi connectivity index (χ1v) is 9.75. The number of rotatable bonds is 12. The molecule has 32 heavy (non-hydrogen) atoms. The number of aliphatic hydroxyl groups excluding tert-OH is 1. The Kier molecular flexibility index (Phi) is 10.3. The number of hydrogen-bond acceptors (Lipinski definition) is 7. The van der Waals surface area contributed by atoms with Crippen LogP contribution in [0.4, 0.5) is 0 Å². The Morgan fingerprint density at radius 2 is 1.41 bits per heavy atom. The predicted molar refractivity (Wildman–Crippen MR) is 111 cm³/mol. The number of nitrogens with one attached hydrogen (secondary N) is 3. The van der Waals surface area contributed by atoms with E-state index in [1.165, 1.54) is 6.92 Å². The molecule has 1 rings (SSSR count). The van der Waals surface area contributed by atoms with Crippen LogP contribution in [0.15, 0.2) is 30.3 Å². The first kappa shape index (κ1) is 26.5. The lowest BCUT2D eigenvalue weighted by Crippen LogP contribution is -2.58. The average molecular weight is 452 g/mol. The summed E-state index contributed by atoms with van der Waals surface area (Å²) in [5, 5.41) is 34.4. The van der Waals surface area contributed by atoms with E-state index < -0.39 is 66.4 Å². The van der Waals surface area contributed by atoms with Crippen molar-refractivity contribution in [3.63, 3.8) is 0 Å². The van der Waals surface area contributed by atoms with Gasteiger partial charge in [0.1, 0.15) is 12.1 Å². The Morgan fingerprint density at radius 3 is 1.88 bits per heavy atom. The van der Waals surface area contributed by atoms with Crippen LogP contribution in [0, 0.1) is 0 Å². The Bertz CT molecular complexity index is 828. The summed E-state index contributed by atoms with van der Waals surface area (Å²) in [6, 6.07) is 3.13. The zero-order valence-electron chi connectivity index (χ0n) is 17.6. The molecular formula is C20H28N4O8. The van der Waals surface area contributed by atoms with Crippen molar-refractivity contribution in [1.82, 2.24) is 16.0 Å². The molecule has 0 heterocycles. The predicted octanol–water partition coefficient (Wildman–Crippen LogP) is -2.03.